The van der Waals surface area contributed by atoms with Crippen molar-refractivity contribution in [1.29, 1.82) is 0 Å². The highest BCUT2D eigenvalue weighted by Gasteiger charge is 2.71. The van der Waals surface area contributed by atoms with E-state index in [2.05, 4.69) is 47.8 Å². The number of hydrogen-bond acceptors (Lipinski definition) is 8. The van der Waals surface area contributed by atoms with Crippen LogP contribution in [0.1, 0.15) is 92.4 Å². The Bertz CT molecular complexity index is 1230. The number of rotatable bonds is 10. The molecule has 9 nitrogen and oxygen atoms in total. The Morgan fingerprint density at radius 1 is 1.07 bits per heavy atom. The molecule has 9 heteroatoms. The summed E-state index contributed by atoms with van der Waals surface area (Å²) < 4.78 is 17.4. The minimum Gasteiger partial charge on any atom is -0.480 e. The van der Waals surface area contributed by atoms with Gasteiger partial charge >= 0.3 is 5.97 Å². The lowest BCUT2D eigenvalue weighted by atomic mass is 9.45. The Morgan fingerprint density at radius 3 is 2.37 bits per heavy atom. The molecule has 3 fully saturated rings. The van der Waals surface area contributed by atoms with Crippen LogP contribution in [0.2, 0.25) is 0 Å². The summed E-state index contributed by atoms with van der Waals surface area (Å²) in [4.78, 5) is 13.6. The third kappa shape index (κ3) is 5.28. The zero-order chi connectivity index (χ0) is 33.9. The van der Waals surface area contributed by atoms with Crippen LogP contribution in [0, 0.1) is 39.9 Å². The van der Waals surface area contributed by atoms with E-state index >= 15 is 0 Å². The molecule has 0 unspecified atom stereocenters. The molecule has 0 radical (unpaired) electrons. The minimum atomic E-state index is -1.36. The number of carboxylic acids is 1. The van der Waals surface area contributed by atoms with E-state index in [1.165, 1.54) is 18.3 Å². The summed E-state index contributed by atoms with van der Waals surface area (Å²) >= 11 is 0. The Kier molecular flexibility index (Phi) is 10.1. The highest BCUT2D eigenvalue weighted by Crippen LogP contribution is 2.72. The Hall–Kier alpha value is -1.59. The van der Waals surface area contributed by atoms with Gasteiger partial charge in [0.05, 0.1) is 18.8 Å². The van der Waals surface area contributed by atoms with E-state index in [1.807, 2.05) is 0 Å². The highest BCUT2D eigenvalue weighted by molar-refractivity contribution is 5.83. The number of methoxy groups -OCH3 is 1. The number of carboxylic acid groups (broad SMARTS) is 1. The molecule has 0 amide bonds. The Balaban J connectivity index is 1.40. The Morgan fingerprint density at radius 2 is 1.76 bits per heavy atom. The molecule has 5 aliphatic rings. The molecule has 13 atom stereocenters. The fourth-order valence-corrected chi connectivity index (χ4v) is 10.7. The third-order valence-electron chi connectivity index (χ3n) is 13.5. The van der Waals surface area contributed by atoms with Crippen molar-refractivity contribution in [2.24, 2.45) is 39.9 Å². The van der Waals surface area contributed by atoms with Crippen LogP contribution in [0.15, 0.2) is 35.5 Å². The number of fused-ring (bicyclic) bond motifs is 4. The van der Waals surface area contributed by atoms with Crippen molar-refractivity contribution in [1.82, 2.24) is 0 Å². The van der Waals surface area contributed by atoms with E-state index in [4.69, 9.17) is 14.2 Å². The van der Waals surface area contributed by atoms with Gasteiger partial charge in [0.15, 0.2) is 6.29 Å². The van der Waals surface area contributed by atoms with Crippen LogP contribution < -0.4 is 0 Å². The van der Waals surface area contributed by atoms with E-state index in [9.17, 15) is 30.3 Å². The molecular formula is C37H58O9. The Labute approximate surface area is 274 Å². The molecule has 0 aromatic heterocycles. The largest absolute Gasteiger partial charge is 0.480 e. The quantitative estimate of drug-likeness (QED) is 0.212. The summed E-state index contributed by atoms with van der Waals surface area (Å²) in [6.07, 6.45) is -0.457. The van der Waals surface area contributed by atoms with E-state index in [-0.39, 0.29) is 23.2 Å². The van der Waals surface area contributed by atoms with Gasteiger partial charge in [-0.05, 0) is 97.9 Å². The molecule has 2 saturated carbocycles. The van der Waals surface area contributed by atoms with Gasteiger partial charge in [0, 0.05) is 7.11 Å². The fraction of sp³-hybridized carbons (Fsp3) is 0.811. The smallest absolute Gasteiger partial charge is 0.317 e. The molecule has 260 valence electrons. The molecular weight excluding hydrogens is 588 g/mol. The van der Waals surface area contributed by atoms with Crippen LogP contribution in [0.4, 0.5) is 0 Å². The van der Waals surface area contributed by atoms with E-state index in [0.717, 1.165) is 36.8 Å². The number of carbonyl (C=O) groups is 1. The lowest BCUT2D eigenvalue weighted by molar-refractivity contribution is -0.313. The molecule has 4 aliphatic carbocycles. The van der Waals surface area contributed by atoms with Crippen molar-refractivity contribution in [2.75, 3.05) is 13.7 Å². The maximum atomic E-state index is 13.6. The monoisotopic (exact) mass is 646 g/mol. The van der Waals surface area contributed by atoms with Crippen molar-refractivity contribution in [3.05, 3.63) is 35.5 Å². The van der Waals surface area contributed by atoms with Gasteiger partial charge in [-0.2, -0.15) is 0 Å². The maximum absolute atomic E-state index is 13.6. The second kappa shape index (κ2) is 13.0. The predicted octanol–water partition coefficient (Wildman–Crippen LogP) is 4.77. The first-order valence-corrected chi connectivity index (χ1v) is 17.4. The second-order valence-corrected chi connectivity index (χ2v) is 15.8. The third-order valence-corrected chi connectivity index (χ3v) is 13.5. The van der Waals surface area contributed by atoms with Crippen LogP contribution in [-0.2, 0) is 19.0 Å². The lowest BCUT2D eigenvalue weighted by Gasteiger charge is -2.59. The van der Waals surface area contributed by atoms with Crippen LogP contribution >= 0.6 is 0 Å². The fourth-order valence-electron chi connectivity index (χ4n) is 10.7. The summed E-state index contributed by atoms with van der Waals surface area (Å²) in [5.41, 5.74) is 2.01. The molecule has 0 aromatic rings. The van der Waals surface area contributed by atoms with Gasteiger partial charge in [0.1, 0.15) is 29.8 Å². The molecule has 1 aliphatic heterocycles. The molecule has 46 heavy (non-hydrogen) atoms. The number of hydrogen-bond donors (Lipinski definition) is 5. The first-order valence-electron chi connectivity index (χ1n) is 17.4. The predicted molar refractivity (Wildman–Crippen MR) is 174 cm³/mol. The highest BCUT2D eigenvalue weighted by atomic mass is 16.7. The standard InChI is InChI=1S/C37H58O9/c1-19(2)20(3)9-10-21(4)26-17-29(39)37(34(42)43)25-12-11-23-22(5)27(14-15-35(23,6)24(25)13-16-36(26,37)7)45-33-31(41)30(40)32(44-8)28(18-38)46-33/h19,21,23,26-33,38-41H,3,5,9-18H2,1-2,4,6-8H3,(H,42,43)/t21-,23+,26-,27+,28-,29-,30-,31-,32-,33+,35+,36-,37-/m1/s1. The molecule has 0 spiro atoms. The van der Waals surface area contributed by atoms with Crippen LogP contribution in [-0.4, -0.2) is 88.1 Å². The molecule has 0 bridgehead atoms. The average Bonchev–Trinajstić information content (AvgIpc) is 3.26. The van der Waals surface area contributed by atoms with Gasteiger partial charge in [-0.3, -0.25) is 4.79 Å². The second-order valence-electron chi connectivity index (χ2n) is 15.8. The van der Waals surface area contributed by atoms with Gasteiger partial charge < -0.3 is 39.7 Å². The molecule has 0 aromatic carbocycles. The van der Waals surface area contributed by atoms with Crippen molar-refractivity contribution in [3.8, 4) is 0 Å². The number of ether oxygens (including phenoxy) is 3. The summed E-state index contributed by atoms with van der Waals surface area (Å²) in [6.45, 7) is 19.2. The molecule has 5 N–H and O–H groups in total. The minimum absolute atomic E-state index is 0.0292. The summed E-state index contributed by atoms with van der Waals surface area (Å²) in [6, 6.07) is 0. The van der Waals surface area contributed by atoms with Crippen molar-refractivity contribution in [2.45, 2.75) is 135 Å². The first-order chi connectivity index (χ1) is 21.6. The van der Waals surface area contributed by atoms with Gasteiger partial charge in [-0.15, -0.1) is 0 Å². The van der Waals surface area contributed by atoms with E-state index in [0.29, 0.717) is 38.0 Å². The normalized spacial score (nSPS) is 44.8. The van der Waals surface area contributed by atoms with Crippen molar-refractivity contribution >= 4 is 5.97 Å². The molecule has 1 saturated heterocycles. The van der Waals surface area contributed by atoms with Crippen molar-refractivity contribution < 1.29 is 44.5 Å². The zero-order valence-electron chi connectivity index (χ0n) is 28.7. The molecule has 5 rings (SSSR count). The number of aliphatic hydroxyl groups is 4. The topological polar surface area (TPSA) is 146 Å². The van der Waals surface area contributed by atoms with Crippen molar-refractivity contribution in [3.63, 3.8) is 0 Å². The van der Waals surface area contributed by atoms with E-state index in [1.54, 1.807) is 0 Å². The number of aliphatic hydroxyl groups excluding tert-OH is 4. The average molecular weight is 647 g/mol. The summed E-state index contributed by atoms with van der Waals surface area (Å²) in [5.74, 6) is -0.102. The van der Waals surface area contributed by atoms with Gasteiger partial charge in [0.25, 0.3) is 0 Å². The molecule has 1 heterocycles. The van der Waals surface area contributed by atoms with Gasteiger partial charge in [0.2, 0.25) is 0 Å². The van der Waals surface area contributed by atoms with Crippen LogP contribution in [0.3, 0.4) is 0 Å². The number of allylic oxidation sites excluding steroid dienone is 2. The number of aliphatic carboxylic acids is 1. The van der Waals surface area contributed by atoms with Crippen LogP contribution in [0.25, 0.3) is 0 Å². The maximum Gasteiger partial charge on any atom is 0.317 e. The van der Waals surface area contributed by atoms with Crippen LogP contribution in [0.5, 0.6) is 0 Å². The SMILES string of the molecule is C=C(CC[C@@H](C)[C@H]1C[C@@H](O)[C@@]2(C(=O)O)C3=C(CC[C@]12C)[C@@]1(C)CC[C@H](O[C@H]2O[C@H](CO)[C@@H](OC)[C@H](O)[C@H]2O)C(=C)[C@@H]1CC3)C(C)C. The van der Waals surface area contributed by atoms with Gasteiger partial charge in [-0.1, -0.05) is 64.5 Å². The first kappa shape index (κ1) is 35.7. The lowest BCUT2D eigenvalue weighted by Crippen LogP contribution is -2.61. The van der Waals surface area contributed by atoms with Gasteiger partial charge in [-0.25, -0.2) is 0 Å². The summed E-state index contributed by atoms with van der Waals surface area (Å²) in [5, 5.41) is 54.2. The van der Waals surface area contributed by atoms with E-state index < -0.39 is 66.3 Å². The zero-order valence-corrected chi connectivity index (χ0v) is 28.7. The summed E-state index contributed by atoms with van der Waals surface area (Å²) in [7, 11) is 1.39.